The van der Waals surface area contributed by atoms with Gasteiger partial charge in [0.25, 0.3) is 0 Å². The van der Waals surface area contributed by atoms with E-state index in [0.29, 0.717) is 24.0 Å². The number of hydrogen-bond donors (Lipinski definition) is 0. The van der Waals surface area contributed by atoms with Crippen LogP contribution in [0.1, 0.15) is 73.6 Å². The van der Waals surface area contributed by atoms with Crippen LogP contribution in [-0.4, -0.2) is 5.78 Å². The molecule has 3 aliphatic carbocycles. The molecule has 0 radical (unpaired) electrons. The minimum Gasteiger partial charge on any atom is -0.299 e. The lowest BCUT2D eigenvalue weighted by Gasteiger charge is -2.31. The van der Waals surface area contributed by atoms with Crippen molar-refractivity contribution in [2.24, 2.45) is 17.8 Å². The fourth-order valence-corrected chi connectivity index (χ4v) is 5.02. The van der Waals surface area contributed by atoms with Gasteiger partial charge in [0.05, 0.1) is 0 Å². The average Bonchev–Trinajstić information content (AvgIpc) is 2.96. The van der Waals surface area contributed by atoms with E-state index in [2.05, 4.69) is 69.9 Å². The van der Waals surface area contributed by atoms with Crippen LogP contribution < -0.4 is 0 Å². The van der Waals surface area contributed by atoms with Crippen LogP contribution in [0.5, 0.6) is 0 Å². The zero-order valence-electron chi connectivity index (χ0n) is 19.1. The van der Waals surface area contributed by atoms with Gasteiger partial charge in [-0.1, -0.05) is 66.7 Å². The Labute approximate surface area is 185 Å². The first-order valence-electron chi connectivity index (χ1n) is 11.7. The first-order chi connectivity index (χ1) is 14.5. The third-order valence-corrected chi connectivity index (χ3v) is 7.15. The molecule has 0 bridgehead atoms. The molecule has 3 rings (SSSR count). The molecule has 0 aromatic carbocycles. The van der Waals surface area contributed by atoms with Crippen LogP contribution in [0.25, 0.3) is 0 Å². The molecule has 1 atom stereocenters. The molecule has 0 N–H and O–H groups in total. The molecule has 1 nitrogen and oxygen atoms in total. The molecule has 0 aromatic heterocycles. The molecule has 0 heterocycles. The largest absolute Gasteiger partial charge is 0.299 e. The molecule has 0 saturated heterocycles. The van der Waals surface area contributed by atoms with E-state index < -0.39 is 0 Å². The Hall–Kier alpha value is -2.15. The summed E-state index contributed by atoms with van der Waals surface area (Å²) in [5, 5.41) is 0. The van der Waals surface area contributed by atoms with Crippen molar-refractivity contribution in [3.05, 3.63) is 83.1 Å². The van der Waals surface area contributed by atoms with E-state index in [1.54, 1.807) is 0 Å². The lowest BCUT2D eigenvalue weighted by molar-refractivity contribution is -0.123. The molecule has 0 aromatic rings. The van der Waals surface area contributed by atoms with E-state index in [4.69, 9.17) is 0 Å². The Balaban J connectivity index is 0.00000341. The van der Waals surface area contributed by atoms with E-state index in [0.717, 1.165) is 44.9 Å². The molecule has 3 aliphatic rings. The second kappa shape index (κ2) is 10.8. The smallest absolute Gasteiger partial charge is 0.140 e. The van der Waals surface area contributed by atoms with Crippen molar-refractivity contribution < 1.29 is 6.22 Å². The van der Waals surface area contributed by atoms with Crippen LogP contribution in [0, 0.1) is 17.8 Å². The zero-order chi connectivity index (χ0) is 21.5. The predicted molar refractivity (Wildman–Crippen MR) is 131 cm³/mol. The van der Waals surface area contributed by atoms with Gasteiger partial charge in [-0.15, -0.1) is 6.58 Å². The van der Waals surface area contributed by atoms with E-state index >= 15 is 0 Å². The number of rotatable bonds is 7. The van der Waals surface area contributed by atoms with Gasteiger partial charge < -0.3 is 0 Å². The van der Waals surface area contributed by atoms with Crippen molar-refractivity contribution in [2.75, 3.05) is 0 Å². The molecule has 30 heavy (non-hydrogen) atoms. The molecule has 1 saturated carbocycles. The monoisotopic (exact) mass is 404 g/mol. The molecule has 0 amide bonds. The van der Waals surface area contributed by atoms with Crippen LogP contribution in [0.2, 0.25) is 0 Å². The van der Waals surface area contributed by atoms with E-state index in [1.807, 2.05) is 6.08 Å². The van der Waals surface area contributed by atoms with Crippen LogP contribution in [0.3, 0.4) is 0 Å². The van der Waals surface area contributed by atoms with Crippen molar-refractivity contribution in [1.29, 1.82) is 0 Å². The van der Waals surface area contributed by atoms with Crippen molar-refractivity contribution in [2.45, 2.75) is 72.1 Å². The minimum atomic E-state index is 0. The third-order valence-electron chi connectivity index (χ3n) is 7.15. The molecule has 1 heteroatoms. The normalized spacial score (nSPS) is 27.4. The van der Waals surface area contributed by atoms with Gasteiger partial charge in [0, 0.05) is 13.8 Å². The highest BCUT2D eigenvalue weighted by Gasteiger charge is 2.29. The Morgan fingerprint density at radius 1 is 1.13 bits per heavy atom. The highest BCUT2D eigenvalue weighted by molar-refractivity contribution is 5.83. The van der Waals surface area contributed by atoms with Gasteiger partial charge in [0.15, 0.2) is 0 Å². The van der Waals surface area contributed by atoms with E-state index in [1.165, 1.54) is 27.9 Å². The van der Waals surface area contributed by atoms with Crippen LogP contribution in [-0.2, 0) is 4.79 Å². The maximum Gasteiger partial charge on any atom is 0.140 e. The molecule has 0 spiro atoms. The highest BCUT2D eigenvalue weighted by Crippen LogP contribution is 2.40. The van der Waals surface area contributed by atoms with Gasteiger partial charge in [-0.2, -0.15) is 0 Å². The van der Waals surface area contributed by atoms with Crippen molar-refractivity contribution in [1.82, 2.24) is 0 Å². The summed E-state index contributed by atoms with van der Waals surface area (Å²) in [4.78, 5) is 13.0. The predicted octanol–water partition coefficient (Wildman–Crippen LogP) is 8.25. The Kier molecular flexibility index (Phi) is 8.08. The topological polar surface area (TPSA) is 17.1 Å². The summed E-state index contributed by atoms with van der Waals surface area (Å²) < 4.78 is 0. The van der Waals surface area contributed by atoms with Crippen molar-refractivity contribution >= 4 is 5.78 Å². The summed E-state index contributed by atoms with van der Waals surface area (Å²) in [5.74, 6) is 1.83. The average molecular weight is 405 g/mol. The molecule has 0 aliphatic heterocycles. The molecule has 162 valence electrons. The first kappa shape index (κ1) is 22.5. The van der Waals surface area contributed by atoms with Crippen molar-refractivity contribution in [3.63, 3.8) is 0 Å². The lowest BCUT2D eigenvalue weighted by atomic mass is 9.73. The second-order valence-electron chi connectivity index (χ2n) is 9.35. The third kappa shape index (κ3) is 5.72. The summed E-state index contributed by atoms with van der Waals surface area (Å²) in [6, 6.07) is 0. The van der Waals surface area contributed by atoms with Gasteiger partial charge in [0.2, 0.25) is 0 Å². The maximum absolute atomic E-state index is 13.0. The summed E-state index contributed by atoms with van der Waals surface area (Å²) in [6.07, 6.45) is 25.6. The first-order valence-corrected chi connectivity index (χ1v) is 11.7. The SMILES string of the molecule is C=CC/C=C(\C1=CC=CCC=C1C)C1CCC(C(=O)CC2=CC=C(C)C(C)C2)CC1.[HH]. The Morgan fingerprint density at radius 3 is 2.57 bits per heavy atom. The Morgan fingerprint density at radius 2 is 1.87 bits per heavy atom. The van der Waals surface area contributed by atoms with Gasteiger partial charge in [-0.3, -0.25) is 4.79 Å². The van der Waals surface area contributed by atoms with Gasteiger partial charge in [0.1, 0.15) is 5.78 Å². The van der Waals surface area contributed by atoms with E-state index in [-0.39, 0.29) is 7.34 Å². The van der Waals surface area contributed by atoms with Gasteiger partial charge in [-0.05, 0) is 87.3 Å². The standard InChI is InChI=1S/C29H38O.H2/c1-5-6-11-28(27-12-9-7-8-10-22(27)3)25-15-17-26(18-16-25)29(30)20-24-14-13-21(2)23(4)19-24;/h5,7,9-14,23,25-26H,1,6,8,15-20H2,2-4H3;1H/b28-11-;. The number of hydrogen-bond acceptors (Lipinski definition) is 1. The van der Waals surface area contributed by atoms with Gasteiger partial charge >= 0.3 is 0 Å². The highest BCUT2D eigenvalue weighted by atomic mass is 16.1. The van der Waals surface area contributed by atoms with Gasteiger partial charge in [-0.25, -0.2) is 0 Å². The van der Waals surface area contributed by atoms with E-state index in [9.17, 15) is 4.79 Å². The van der Waals surface area contributed by atoms with Crippen molar-refractivity contribution in [3.8, 4) is 0 Å². The maximum atomic E-state index is 13.0. The van der Waals surface area contributed by atoms with Crippen LogP contribution in [0.4, 0.5) is 0 Å². The fraction of sp³-hybridized carbons (Fsp3) is 0.483. The summed E-state index contributed by atoms with van der Waals surface area (Å²) in [5.41, 5.74) is 6.96. The number of carbonyl (C=O) groups is 1. The second-order valence-corrected chi connectivity index (χ2v) is 9.35. The zero-order valence-corrected chi connectivity index (χ0v) is 19.1. The lowest BCUT2D eigenvalue weighted by Crippen LogP contribution is -2.24. The molecular formula is C29H40O. The summed E-state index contributed by atoms with van der Waals surface area (Å²) >= 11 is 0. The summed E-state index contributed by atoms with van der Waals surface area (Å²) in [7, 11) is 0. The fourth-order valence-electron chi connectivity index (χ4n) is 5.02. The number of carbonyl (C=O) groups excluding carboxylic acids is 1. The summed E-state index contributed by atoms with van der Waals surface area (Å²) in [6.45, 7) is 10.6. The minimum absolute atomic E-state index is 0. The van der Waals surface area contributed by atoms with Crippen LogP contribution in [0.15, 0.2) is 83.1 Å². The Bertz CT molecular complexity index is 838. The number of allylic oxidation sites excluding steroid dienone is 13. The number of Topliss-reactive ketones (excluding diaryl/α,β-unsaturated/α-hetero) is 1. The molecular weight excluding hydrogens is 364 g/mol. The quantitative estimate of drug-likeness (QED) is 0.390. The number of ketones is 1. The molecule has 1 unspecified atom stereocenters. The van der Waals surface area contributed by atoms with Crippen LogP contribution >= 0.6 is 0 Å². The molecule has 1 fully saturated rings.